The maximum absolute atomic E-state index is 12.8. The van der Waals surface area contributed by atoms with E-state index in [4.69, 9.17) is 4.74 Å². The Balaban J connectivity index is 1.46. The molecule has 2 aromatic rings. The standard InChI is InChI=1S/C23H31N3O4S/c1-19-7-9-22(10-8-19)30-16-15-24(3)23(27)18-31(28,29)26-13-11-25(12-14-26)21-6-4-5-20(2)17-21/h4-10,17H,11-16,18H2,1-3H3. The first-order valence-electron chi connectivity index (χ1n) is 10.5. The number of amides is 1. The molecule has 0 saturated carbocycles. The minimum Gasteiger partial charge on any atom is -0.492 e. The summed E-state index contributed by atoms with van der Waals surface area (Å²) in [7, 11) is -2.05. The Kier molecular flexibility index (Phi) is 7.56. The minimum atomic E-state index is -3.65. The van der Waals surface area contributed by atoms with Crippen molar-refractivity contribution in [1.29, 1.82) is 0 Å². The molecule has 1 aliphatic heterocycles. The monoisotopic (exact) mass is 445 g/mol. The molecule has 1 heterocycles. The Bertz CT molecular complexity index is 984. The highest BCUT2D eigenvalue weighted by Crippen LogP contribution is 2.19. The summed E-state index contributed by atoms with van der Waals surface area (Å²) in [5, 5.41) is 0. The fourth-order valence-corrected chi connectivity index (χ4v) is 4.90. The zero-order valence-electron chi connectivity index (χ0n) is 18.5. The molecular formula is C23H31N3O4S. The van der Waals surface area contributed by atoms with Crippen LogP contribution in [0.15, 0.2) is 48.5 Å². The number of ether oxygens (including phenoxy) is 1. The Morgan fingerprint density at radius 3 is 2.32 bits per heavy atom. The number of nitrogens with zero attached hydrogens (tertiary/aromatic N) is 3. The van der Waals surface area contributed by atoms with Gasteiger partial charge in [0.1, 0.15) is 18.1 Å². The third-order valence-corrected chi connectivity index (χ3v) is 7.21. The molecule has 0 atom stereocenters. The molecule has 1 aliphatic rings. The summed E-state index contributed by atoms with van der Waals surface area (Å²) in [6.45, 7) is 6.64. The number of hydrogen-bond donors (Lipinski definition) is 0. The van der Waals surface area contributed by atoms with Gasteiger partial charge in [-0.15, -0.1) is 0 Å². The number of sulfonamides is 1. The molecule has 7 nitrogen and oxygen atoms in total. The highest BCUT2D eigenvalue weighted by molar-refractivity contribution is 7.89. The molecule has 0 spiro atoms. The van der Waals surface area contributed by atoms with Crippen LogP contribution in [0.3, 0.4) is 0 Å². The number of likely N-dealkylation sites (N-methyl/N-ethyl adjacent to an activating group) is 1. The molecule has 0 bridgehead atoms. The quantitative estimate of drug-likeness (QED) is 0.624. The van der Waals surface area contributed by atoms with Gasteiger partial charge in [0, 0.05) is 38.9 Å². The van der Waals surface area contributed by atoms with Crippen LogP contribution in [-0.2, 0) is 14.8 Å². The summed E-state index contributed by atoms with van der Waals surface area (Å²) in [5.41, 5.74) is 3.42. The Morgan fingerprint density at radius 1 is 1.00 bits per heavy atom. The molecule has 2 aromatic carbocycles. The largest absolute Gasteiger partial charge is 0.492 e. The number of aryl methyl sites for hydroxylation is 2. The van der Waals surface area contributed by atoms with Gasteiger partial charge in [0.2, 0.25) is 15.9 Å². The van der Waals surface area contributed by atoms with E-state index in [2.05, 4.69) is 11.0 Å². The van der Waals surface area contributed by atoms with Crippen molar-refractivity contribution < 1.29 is 17.9 Å². The third-order valence-electron chi connectivity index (χ3n) is 5.45. The Hall–Kier alpha value is -2.58. The maximum atomic E-state index is 12.8. The van der Waals surface area contributed by atoms with Gasteiger partial charge in [-0.3, -0.25) is 4.79 Å². The van der Waals surface area contributed by atoms with Gasteiger partial charge in [-0.2, -0.15) is 4.31 Å². The van der Waals surface area contributed by atoms with Gasteiger partial charge >= 0.3 is 0 Å². The van der Waals surface area contributed by atoms with Gasteiger partial charge in [0.25, 0.3) is 0 Å². The summed E-state index contributed by atoms with van der Waals surface area (Å²) in [6.07, 6.45) is 0. The first-order chi connectivity index (χ1) is 14.7. The summed E-state index contributed by atoms with van der Waals surface area (Å²) >= 11 is 0. The van der Waals surface area contributed by atoms with E-state index in [1.807, 2.05) is 56.3 Å². The van der Waals surface area contributed by atoms with E-state index in [0.717, 1.165) is 17.0 Å². The molecule has 31 heavy (non-hydrogen) atoms. The van der Waals surface area contributed by atoms with Crippen LogP contribution in [0.2, 0.25) is 0 Å². The van der Waals surface area contributed by atoms with Gasteiger partial charge in [0.05, 0.1) is 6.54 Å². The predicted molar refractivity (Wildman–Crippen MR) is 123 cm³/mol. The zero-order chi connectivity index (χ0) is 22.4. The smallest absolute Gasteiger partial charge is 0.239 e. The second-order valence-electron chi connectivity index (χ2n) is 7.96. The molecule has 0 unspecified atom stereocenters. The van der Waals surface area contributed by atoms with E-state index in [0.29, 0.717) is 39.3 Å². The summed E-state index contributed by atoms with van der Waals surface area (Å²) in [5.74, 6) is -0.211. The van der Waals surface area contributed by atoms with Crippen molar-refractivity contribution in [3.05, 3.63) is 59.7 Å². The SMILES string of the molecule is Cc1ccc(OCCN(C)C(=O)CS(=O)(=O)N2CCN(c3cccc(C)c3)CC2)cc1. The maximum Gasteiger partial charge on any atom is 0.239 e. The molecule has 0 aromatic heterocycles. The number of rotatable bonds is 8. The normalized spacial score (nSPS) is 15.0. The van der Waals surface area contributed by atoms with Crippen molar-refractivity contribution in [2.75, 3.05) is 57.0 Å². The molecule has 0 N–H and O–H groups in total. The van der Waals surface area contributed by atoms with Crippen LogP contribution in [0, 0.1) is 13.8 Å². The lowest BCUT2D eigenvalue weighted by molar-refractivity contribution is -0.127. The van der Waals surface area contributed by atoms with Crippen LogP contribution >= 0.6 is 0 Å². The van der Waals surface area contributed by atoms with Crippen molar-refractivity contribution in [3.63, 3.8) is 0 Å². The molecule has 1 fully saturated rings. The van der Waals surface area contributed by atoms with E-state index in [1.165, 1.54) is 14.8 Å². The number of piperazine rings is 1. The van der Waals surface area contributed by atoms with E-state index < -0.39 is 21.7 Å². The fraction of sp³-hybridized carbons (Fsp3) is 0.435. The van der Waals surface area contributed by atoms with E-state index >= 15 is 0 Å². The number of carbonyl (C=O) groups is 1. The van der Waals surface area contributed by atoms with Crippen molar-refractivity contribution in [3.8, 4) is 5.75 Å². The molecule has 8 heteroatoms. The number of benzene rings is 2. The first-order valence-corrected chi connectivity index (χ1v) is 12.1. The lowest BCUT2D eigenvalue weighted by atomic mass is 10.2. The minimum absolute atomic E-state index is 0.306. The van der Waals surface area contributed by atoms with Crippen LogP contribution in [0.1, 0.15) is 11.1 Å². The highest BCUT2D eigenvalue weighted by atomic mass is 32.2. The molecule has 0 aliphatic carbocycles. The number of anilines is 1. The average Bonchev–Trinajstić information content (AvgIpc) is 2.75. The van der Waals surface area contributed by atoms with Crippen molar-refractivity contribution in [2.24, 2.45) is 0 Å². The van der Waals surface area contributed by atoms with Gasteiger partial charge < -0.3 is 14.5 Å². The van der Waals surface area contributed by atoms with Gasteiger partial charge in [0.15, 0.2) is 0 Å². The van der Waals surface area contributed by atoms with Crippen molar-refractivity contribution >= 4 is 21.6 Å². The predicted octanol–water partition coefficient (Wildman–Crippen LogP) is 2.29. The van der Waals surface area contributed by atoms with Crippen LogP contribution in [0.4, 0.5) is 5.69 Å². The average molecular weight is 446 g/mol. The zero-order valence-corrected chi connectivity index (χ0v) is 19.3. The van der Waals surface area contributed by atoms with Crippen LogP contribution in [-0.4, -0.2) is 75.7 Å². The van der Waals surface area contributed by atoms with E-state index in [1.54, 1.807) is 7.05 Å². The lowest BCUT2D eigenvalue weighted by Crippen LogP contribution is -2.51. The van der Waals surface area contributed by atoms with E-state index in [-0.39, 0.29) is 0 Å². The number of hydrogen-bond acceptors (Lipinski definition) is 5. The van der Waals surface area contributed by atoms with Gasteiger partial charge in [-0.25, -0.2) is 8.42 Å². The summed E-state index contributed by atoms with van der Waals surface area (Å²) < 4.78 is 32.6. The highest BCUT2D eigenvalue weighted by Gasteiger charge is 2.30. The number of carbonyl (C=O) groups excluding carboxylic acids is 1. The van der Waals surface area contributed by atoms with Crippen molar-refractivity contribution in [2.45, 2.75) is 13.8 Å². The molecule has 168 valence electrons. The summed E-state index contributed by atoms with van der Waals surface area (Å²) in [4.78, 5) is 16.1. The third kappa shape index (κ3) is 6.45. The second kappa shape index (κ2) is 10.2. The Morgan fingerprint density at radius 2 is 1.68 bits per heavy atom. The first kappa shape index (κ1) is 23.1. The molecule has 1 amide bonds. The molecule has 0 radical (unpaired) electrons. The topological polar surface area (TPSA) is 70.2 Å². The molecule has 3 rings (SSSR count). The van der Waals surface area contributed by atoms with Gasteiger partial charge in [-0.05, 0) is 43.7 Å². The second-order valence-corrected chi connectivity index (χ2v) is 9.93. The lowest BCUT2D eigenvalue weighted by Gasteiger charge is -2.35. The van der Waals surface area contributed by atoms with E-state index in [9.17, 15) is 13.2 Å². The Labute approximate surface area is 185 Å². The van der Waals surface area contributed by atoms with Crippen molar-refractivity contribution in [1.82, 2.24) is 9.21 Å². The van der Waals surface area contributed by atoms with Crippen LogP contribution in [0.5, 0.6) is 5.75 Å². The van der Waals surface area contributed by atoms with Crippen LogP contribution in [0.25, 0.3) is 0 Å². The molecular weight excluding hydrogens is 414 g/mol. The molecule has 1 saturated heterocycles. The van der Waals surface area contributed by atoms with Crippen LogP contribution < -0.4 is 9.64 Å². The fourth-order valence-electron chi connectivity index (χ4n) is 3.47. The van der Waals surface area contributed by atoms with Gasteiger partial charge in [-0.1, -0.05) is 29.8 Å². The summed E-state index contributed by atoms with van der Waals surface area (Å²) in [6, 6.07) is 15.8.